The van der Waals surface area contributed by atoms with Gasteiger partial charge in [0.25, 0.3) is 0 Å². The van der Waals surface area contributed by atoms with Crippen molar-refractivity contribution in [2.45, 2.75) is 26.4 Å². The largest absolute Gasteiger partial charge is 0.346 e. The smallest absolute Gasteiger partial charge is 0.0473 e. The van der Waals surface area contributed by atoms with Gasteiger partial charge in [-0.1, -0.05) is 19.1 Å². The first-order valence-corrected chi connectivity index (χ1v) is 7.46. The van der Waals surface area contributed by atoms with E-state index in [4.69, 9.17) is 0 Å². The van der Waals surface area contributed by atoms with E-state index < -0.39 is 0 Å². The lowest BCUT2D eigenvalue weighted by atomic mass is 10.2. The molecule has 0 atom stereocenters. The zero-order valence-electron chi connectivity index (χ0n) is 10.7. The van der Waals surface area contributed by atoms with Crippen molar-refractivity contribution in [2.75, 3.05) is 6.54 Å². The van der Waals surface area contributed by atoms with Crippen LogP contribution in [0.3, 0.4) is 0 Å². The fourth-order valence-corrected chi connectivity index (χ4v) is 2.30. The van der Waals surface area contributed by atoms with Gasteiger partial charge < -0.3 is 9.88 Å². The fraction of sp³-hybridized carbons (Fsp3) is 0.333. The zero-order chi connectivity index (χ0) is 12.8. The van der Waals surface area contributed by atoms with Crippen LogP contribution in [0, 0.1) is 3.57 Å². The predicted octanol–water partition coefficient (Wildman–Crippen LogP) is 3.64. The van der Waals surface area contributed by atoms with Crippen molar-refractivity contribution in [3.63, 3.8) is 0 Å². The fourth-order valence-electron chi connectivity index (χ4n) is 1.94. The number of nitrogens with one attached hydrogen (secondary N) is 1. The predicted molar refractivity (Wildman–Crippen MR) is 84.7 cm³/mol. The van der Waals surface area contributed by atoms with Gasteiger partial charge in [0.05, 0.1) is 0 Å². The Labute approximate surface area is 123 Å². The second-order valence-corrected chi connectivity index (χ2v) is 5.68. The van der Waals surface area contributed by atoms with Crippen LogP contribution in [0.5, 0.6) is 0 Å². The summed E-state index contributed by atoms with van der Waals surface area (Å²) in [5.41, 5.74) is 2.70. The Hall–Kier alpha value is -0.810. The minimum atomic E-state index is 0.950. The Balaban J connectivity index is 2.00. The first kappa shape index (κ1) is 13.6. The molecule has 0 fully saturated rings. The number of hydrogen-bond acceptors (Lipinski definition) is 1. The first-order valence-electron chi connectivity index (χ1n) is 6.39. The third-order valence-electron chi connectivity index (χ3n) is 2.92. The highest BCUT2D eigenvalue weighted by Gasteiger charge is 2.01. The summed E-state index contributed by atoms with van der Waals surface area (Å²) < 4.78 is 3.60. The summed E-state index contributed by atoms with van der Waals surface area (Å²) in [6.45, 7) is 5.17. The van der Waals surface area contributed by atoms with Crippen molar-refractivity contribution < 1.29 is 0 Å². The molecule has 1 N–H and O–H groups in total. The number of benzene rings is 1. The van der Waals surface area contributed by atoms with Gasteiger partial charge in [-0.2, -0.15) is 0 Å². The second kappa shape index (κ2) is 6.95. The van der Waals surface area contributed by atoms with E-state index in [2.05, 4.69) is 82.0 Å². The molecule has 2 rings (SSSR count). The van der Waals surface area contributed by atoms with Gasteiger partial charge in [-0.05, 0) is 65.4 Å². The van der Waals surface area contributed by atoms with Crippen molar-refractivity contribution in [1.82, 2.24) is 9.88 Å². The number of aromatic nitrogens is 1. The molecule has 1 aromatic heterocycles. The molecule has 2 nitrogen and oxygen atoms in total. The van der Waals surface area contributed by atoms with Gasteiger partial charge in [0, 0.05) is 28.6 Å². The molecule has 0 aliphatic carbocycles. The van der Waals surface area contributed by atoms with Gasteiger partial charge >= 0.3 is 0 Å². The van der Waals surface area contributed by atoms with Gasteiger partial charge in [-0.25, -0.2) is 0 Å². The molecule has 0 bridgehead atoms. The molecule has 0 radical (unpaired) electrons. The Kier molecular flexibility index (Phi) is 5.26. The molecule has 1 heterocycles. The van der Waals surface area contributed by atoms with E-state index in [1.807, 2.05) is 0 Å². The van der Waals surface area contributed by atoms with Gasteiger partial charge in [0.2, 0.25) is 0 Å². The van der Waals surface area contributed by atoms with Crippen LogP contribution in [0.1, 0.15) is 24.6 Å². The summed E-state index contributed by atoms with van der Waals surface area (Å²) >= 11 is 2.34. The SMILES string of the molecule is CCCNCc1cccn1Cc1ccc(I)cc1. The molecule has 0 aliphatic heterocycles. The number of hydrogen-bond donors (Lipinski definition) is 1. The maximum absolute atomic E-state index is 3.45. The summed E-state index contributed by atoms with van der Waals surface area (Å²) in [5, 5.41) is 3.45. The maximum atomic E-state index is 3.45. The number of nitrogens with zero attached hydrogens (tertiary/aromatic N) is 1. The lowest BCUT2D eigenvalue weighted by molar-refractivity contribution is 0.630. The third kappa shape index (κ3) is 3.85. The highest BCUT2D eigenvalue weighted by atomic mass is 127. The molecule has 0 spiro atoms. The van der Waals surface area contributed by atoms with E-state index >= 15 is 0 Å². The van der Waals surface area contributed by atoms with Gasteiger partial charge in [0.1, 0.15) is 0 Å². The lowest BCUT2D eigenvalue weighted by Gasteiger charge is -2.10. The second-order valence-electron chi connectivity index (χ2n) is 4.43. The summed E-state index contributed by atoms with van der Waals surface area (Å²) in [7, 11) is 0. The van der Waals surface area contributed by atoms with E-state index in [-0.39, 0.29) is 0 Å². The molecule has 0 amide bonds. The van der Waals surface area contributed by atoms with Gasteiger partial charge in [-0.15, -0.1) is 0 Å². The Morgan fingerprint density at radius 3 is 2.67 bits per heavy atom. The summed E-state index contributed by atoms with van der Waals surface area (Å²) in [6, 6.07) is 13.0. The maximum Gasteiger partial charge on any atom is 0.0473 e. The monoisotopic (exact) mass is 354 g/mol. The van der Waals surface area contributed by atoms with Crippen LogP contribution in [-0.4, -0.2) is 11.1 Å². The summed E-state index contributed by atoms with van der Waals surface area (Å²) in [6.07, 6.45) is 3.33. The molecular weight excluding hydrogens is 335 g/mol. The van der Waals surface area contributed by atoms with Crippen LogP contribution < -0.4 is 5.32 Å². The minimum Gasteiger partial charge on any atom is -0.346 e. The zero-order valence-corrected chi connectivity index (χ0v) is 12.9. The van der Waals surface area contributed by atoms with Gasteiger partial charge in [-0.3, -0.25) is 0 Å². The van der Waals surface area contributed by atoms with Crippen molar-refractivity contribution in [1.29, 1.82) is 0 Å². The van der Waals surface area contributed by atoms with Crippen LogP contribution in [0.4, 0.5) is 0 Å². The Morgan fingerprint density at radius 1 is 1.17 bits per heavy atom. The normalized spacial score (nSPS) is 10.8. The minimum absolute atomic E-state index is 0.950. The van der Waals surface area contributed by atoms with E-state index in [0.717, 1.165) is 19.6 Å². The Morgan fingerprint density at radius 2 is 1.94 bits per heavy atom. The molecule has 1 aromatic carbocycles. The molecule has 2 aromatic rings. The van der Waals surface area contributed by atoms with Crippen LogP contribution in [0.25, 0.3) is 0 Å². The summed E-state index contributed by atoms with van der Waals surface area (Å²) in [4.78, 5) is 0. The number of rotatable bonds is 6. The molecular formula is C15H19IN2. The lowest BCUT2D eigenvalue weighted by Crippen LogP contribution is -2.16. The molecule has 0 saturated carbocycles. The van der Waals surface area contributed by atoms with Crippen LogP contribution >= 0.6 is 22.6 Å². The van der Waals surface area contributed by atoms with Crippen LogP contribution in [-0.2, 0) is 13.1 Å². The molecule has 0 unspecified atom stereocenters. The first-order chi connectivity index (χ1) is 8.79. The van der Waals surface area contributed by atoms with Crippen molar-refractivity contribution in [2.24, 2.45) is 0 Å². The Bertz CT molecular complexity index is 473. The highest BCUT2D eigenvalue weighted by Crippen LogP contribution is 2.10. The van der Waals surface area contributed by atoms with Crippen LogP contribution in [0.2, 0.25) is 0 Å². The molecule has 3 heteroatoms. The van der Waals surface area contributed by atoms with E-state index in [1.54, 1.807) is 0 Å². The van der Waals surface area contributed by atoms with Gasteiger partial charge in [0.15, 0.2) is 0 Å². The van der Waals surface area contributed by atoms with Crippen molar-refractivity contribution in [3.05, 3.63) is 57.4 Å². The topological polar surface area (TPSA) is 17.0 Å². The van der Waals surface area contributed by atoms with Crippen molar-refractivity contribution in [3.8, 4) is 0 Å². The molecule has 96 valence electrons. The molecule has 18 heavy (non-hydrogen) atoms. The quantitative estimate of drug-likeness (QED) is 0.619. The van der Waals surface area contributed by atoms with E-state index in [1.165, 1.54) is 21.2 Å². The molecule has 0 aliphatic rings. The average Bonchev–Trinajstić information content (AvgIpc) is 2.80. The average molecular weight is 354 g/mol. The van der Waals surface area contributed by atoms with E-state index in [9.17, 15) is 0 Å². The molecule has 0 saturated heterocycles. The van der Waals surface area contributed by atoms with Crippen LogP contribution in [0.15, 0.2) is 42.6 Å². The van der Waals surface area contributed by atoms with Crippen molar-refractivity contribution >= 4 is 22.6 Å². The standard InChI is InChI=1S/C15H19IN2/c1-2-9-17-11-15-4-3-10-18(15)12-13-5-7-14(16)8-6-13/h3-8,10,17H,2,9,11-12H2,1H3. The third-order valence-corrected chi connectivity index (χ3v) is 3.64. The summed E-state index contributed by atoms with van der Waals surface area (Å²) in [5.74, 6) is 0. The highest BCUT2D eigenvalue weighted by molar-refractivity contribution is 14.1. The van der Waals surface area contributed by atoms with E-state index in [0.29, 0.717) is 0 Å². The number of halogens is 1.